The molecule has 0 amide bonds. The van der Waals surface area contributed by atoms with Crippen LogP contribution in [0.2, 0.25) is 0 Å². The Morgan fingerprint density at radius 3 is 2.88 bits per heavy atom. The Hall–Kier alpha value is -0.200. The summed E-state index contributed by atoms with van der Waals surface area (Å²) in [6.07, 6.45) is 4.36. The molecule has 2 atom stereocenters. The summed E-state index contributed by atoms with van der Waals surface area (Å²) in [5, 5.41) is 13.4. The number of nitrogens with zero attached hydrogens (tertiary/aromatic N) is 1. The Bertz CT molecular complexity index is 247. The summed E-state index contributed by atoms with van der Waals surface area (Å²) in [7, 11) is 0. The van der Waals surface area contributed by atoms with E-state index in [2.05, 4.69) is 43.9 Å². The predicted molar refractivity (Wildman–Crippen MR) is 71.6 cm³/mol. The molecule has 1 N–H and O–H groups in total. The first-order valence-electron chi connectivity index (χ1n) is 6.40. The third-order valence-corrected chi connectivity index (χ3v) is 4.79. The van der Waals surface area contributed by atoms with Gasteiger partial charge in [0.15, 0.2) is 0 Å². The lowest BCUT2D eigenvalue weighted by molar-refractivity contribution is 0.424. The van der Waals surface area contributed by atoms with Gasteiger partial charge in [0.2, 0.25) is 0 Å². The molecule has 0 aliphatic heterocycles. The van der Waals surface area contributed by atoms with Gasteiger partial charge in [-0.2, -0.15) is 17.0 Å². The van der Waals surface area contributed by atoms with Crippen molar-refractivity contribution in [3.05, 3.63) is 0 Å². The topological polar surface area (TPSA) is 35.8 Å². The van der Waals surface area contributed by atoms with Gasteiger partial charge in [0.05, 0.1) is 6.07 Å². The third-order valence-electron chi connectivity index (χ3n) is 3.06. The molecule has 1 fully saturated rings. The van der Waals surface area contributed by atoms with E-state index < -0.39 is 0 Å². The largest absolute Gasteiger partial charge is 0.299 e. The van der Waals surface area contributed by atoms with E-state index in [9.17, 15) is 5.26 Å². The van der Waals surface area contributed by atoms with E-state index in [1.54, 1.807) is 0 Å². The second kappa shape index (κ2) is 6.51. The number of rotatable bonds is 6. The normalized spacial score (nSPS) is 29.6. The lowest BCUT2D eigenvalue weighted by Crippen LogP contribution is -2.42. The first-order valence-corrected chi connectivity index (χ1v) is 7.44. The average molecular weight is 240 g/mol. The minimum atomic E-state index is -0.218. The monoisotopic (exact) mass is 240 g/mol. The molecule has 0 bridgehead atoms. The zero-order valence-electron chi connectivity index (χ0n) is 10.8. The number of nitriles is 1. The van der Waals surface area contributed by atoms with Crippen LogP contribution in [0.1, 0.15) is 46.5 Å². The first kappa shape index (κ1) is 13.9. The molecule has 92 valence electrons. The molecule has 1 aliphatic carbocycles. The van der Waals surface area contributed by atoms with Crippen LogP contribution in [-0.2, 0) is 0 Å². The Balaban J connectivity index is 2.39. The van der Waals surface area contributed by atoms with Crippen LogP contribution in [0.25, 0.3) is 0 Å². The molecule has 0 spiro atoms. The van der Waals surface area contributed by atoms with E-state index >= 15 is 0 Å². The third kappa shape index (κ3) is 3.99. The van der Waals surface area contributed by atoms with E-state index in [1.165, 1.54) is 12.2 Å². The molecular formula is C13H24N2S. The van der Waals surface area contributed by atoms with E-state index in [-0.39, 0.29) is 5.54 Å². The second-order valence-corrected chi connectivity index (χ2v) is 6.55. The fourth-order valence-electron chi connectivity index (χ4n) is 2.14. The van der Waals surface area contributed by atoms with Crippen molar-refractivity contribution in [2.75, 3.05) is 12.3 Å². The number of thioether (sulfide) groups is 1. The smallest absolute Gasteiger partial charge is 0.107 e. The molecule has 2 nitrogen and oxygen atoms in total. The highest BCUT2D eigenvalue weighted by molar-refractivity contribution is 7.99. The van der Waals surface area contributed by atoms with Crippen molar-refractivity contribution in [2.45, 2.75) is 57.2 Å². The molecule has 0 aromatic rings. The van der Waals surface area contributed by atoms with Crippen LogP contribution in [0, 0.1) is 17.2 Å². The Kier molecular flexibility index (Phi) is 5.64. The van der Waals surface area contributed by atoms with Crippen molar-refractivity contribution < 1.29 is 0 Å². The van der Waals surface area contributed by atoms with Crippen LogP contribution in [-0.4, -0.2) is 23.1 Å². The van der Waals surface area contributed by atoms with Gasteiger partial charge in [0, 0.05) is 5.25 Å². The van der Waals surface area contributed by atoms with Crippen molar-refractivity contribution in [1.29, 1.82) is 5.26 Å². The van der Waals surface area contributed by atoms with E-state index in [0.717, 1.165) is 31.7 Å². The highest BCUT2D eigenvalue weighted by Crippen LogP contribution is 2.37. The van der Waals surface area contributed by atoms with Crippen molar-refractivity contribution >= 4 is 11.8 Å². The maximum atomic E-state index is 9.32. The Morgan fingerprint density at radius 1 is 1.56 bits per heavy atom. The fraction of sp³-hybridized carbons (Fsp3) is 0.923. The molecule has 1 saturated carbocycles. The summed E-state index contributed by atoms with van der Waals surface area (Å²) in [6.45, 7) is 7.64. The van der Waals surface area contributed by atoms with E-state index in [0.29, 0.717) is 5.25 Å². The van der Waals surface area contributed by atoms with E-state index in [1.807, 2.05) is 0 Å². The SMILES string of the molecule is CCCNC1(C#N)CCC(SCC(C)C)C1. The molecule has 3 heteroatoms. The summed E-state index contributed by atoms with van der Waals surface area (Å²) in [5.41, 5.74) is -0.218. The molecule has 2 unspecified atom stereocenters. The standard InChI is InChI=1S/C13H24N2S/c1-4-7-15-13(10-14)6-5-12(8-13)16-9-11(2)3/h11-12,15H,4-9H2,1-3H3. The van der Waals surface area contributed by atoms with Crippen molar-refractivity contribution in [3.8, 4) is 6.07 Å². The number of nitrogens with one attached hydrogen (secondary N) is 1. The lowest BCUT2D eigenvalue weighted by atomic mass is 10.00. The fourth-order valence-corrected chi connectivity index (χ4v) is 3.48. The Labute approximate surface area is 104 Å². The average Bonchev–Trinajstić information content (AvgIpc) is 2.68. The van der Waals surface area contributed by atoms with Gasteiger partial charge in [-0.3, -0.25) is 5.32 Å². The number of hydrogen-bond donors (Lipinski definition) is 1. The van der Waals surface area contributed by atoms with Gasteiger partial charge in [-0.25, -0.2) is 0 Å². The van der Waals surface area contributed by atoms with Gasteiger partial charge in [-0.1, -0.05) is 20.8 Å². The highest BCUT2D eigenvalue weighted by atomic mass is 32.2. The van der Waals surface area contributed by atoms with Gasteiger partial charge >= 0.3 is 0 Å². The molecule has 1 rings (SSSR count). The second-order valence-electron chi connectivity index (χ2n) is 5.21. The molecule has 0 aromatic heterocycles. The summed E-state index contributed by atoms with van der Waals surface area (Å²) >= 11 is 2.05. The van der Waals surface area contributed by atoms with Crippen molar-refractivity contribution in [3.63, 3.8) is 0 Å². The minimum Gasteiger partial charge on any atom is -0.299 e. The van der Waals surface area contributed by atoms with Crippen LogP contribution >= 0.6 is 11.8 Å². The van der Waals surface area contributed by atoms with Crippen LogP contribution in [0.5, 0.6) is 0 Å². The molecule has 0 heterocycles. The first-order chi connectivity index (χ1) is 7.62. The van der Waals surface area contributed by atoms with Gasteiger partial charge in [-0.15, -0.1) is 0 Å². The van der Waals surface area contributed by atoms with Crippen molar-refractivity contribution in [1.82, 2.24) is 5.32 Å². The summed E-state index contributed by atoms with van der Waals surface area (Å²) in [4.78, 5) is 0. The van der Waals surface area contributed by atoms with Gasteiger partial charge < -0.3 is 0 Å². The molecular weight excluding hydrogens is 216 g/mol. The predicted octanol–water partition coefficient (Wildman–Crippen LogP) is 3.19. The maximum absolute atomic E-state index is 9.32. The zero-order chi connectivity index (χ0) is 12.0. The molecule has 1 aliphatic rings. The van der Waals surface area contributed by atoms with Crippen LogP contribution < -0.4 is 5.32 Å². The highest BCUT2D eigenvalue weighted by Gasteiger charge is 2.38. The minimum absolute atomic E-state index is 0.218. The van der Waals surface area contributed by atoms with Crippen LogP contribution in [0.3, 0.4) is 0 Å². The summed E-state index contributed by atoms with van der Waals surface area (Å²) in [6, 6.07) is 2.51. The van der Waals surface area contributed by atoms with E-state index in [4.69, 9.17) is 0 Å². The number of hydrogen-bond acceptors (Lipinski definition) is 3. The van der Waals surface area contributed by atoms with Gasteiger partial charge in [0.25, 0.3) is 0 Å². The summed E-state index contributed by atoms with van der Waals surface area (Å²) < 4.78 is 0. The zero-order valence-corrected chi connectivity index (χ0v) is 11.6. The molecule has 0 saturated heterocycles. The van der Waals surface area contributed by atoms with Gasteiger partial charge in [0.1, 0.15) is 5.54 Å². The quantitative estimate of drug-likeness (QED) is 0.774. The molecule has 16 heavy (non-hydrogen) atoms. The maximum Gasteiger partial charge on any atom is 0.107 e. The molecule has 0 radical (unpaired) electrons. The Morgan fingerprint density at radius 2 is 2.31 bits per heavy atom. The summed E-state index contributed by atoms with van der Waals surface area (Å²) in [5.74, 6) is 1.98. The van der Waals surface area contributed by atoms with Crippen LogP contribution in [0.15, 0.2) is 0 Å². The lowest BCUT2D eigenvalue weighted by Gasteiger charge is -2.22. The van der Waals surface area contributed by atoms with Crippen LogP contribution in [0.4, 0.5) is 0 Å². The molecule has 0 aromatic carbocycles. The van der Waals surface area contributed by atoms with Gasteiger partial charge in [-0.05, 0) is 43.9 Å². The van der Waals surface area contributed by atoms with Crippen molar-refractivity contribution in [2.24, 2.45) is 5.92 Å².